The summed E-state index contributed by atoms with van der Waals surface area (Å²) in [4.78, 5) is 10.7. The van der Waals surface area contributed by atoms with Gasteiger partial charge in [-0.25, -0.2) is 9.97 Å². The SMILES string of the molecule is COc1ccccc1OCCNc1cc(N2CCC[C@H]2CO)ncn1. The van der Waals surface area contributed by atoms with Crippen LogP contribution in [0, 0.1) is 0 Å². The van der Waals surface area contributed by atoms with E-state index in [9.17, 15) is 5.11 Å². The summed E-state index contributed by atoms with van der Waals surface area (Å²) in [5.74, 6) is 3.03. The topological polar surface area (TPSA) is 79.7 Å². The molecule has 25 heavy (non-hydrogen) atoms. The molecule has 0 saturated carbocycles. The molecule has 134 valence electrons. The van der Waals surface area contributed by atoms with Crippen molar-refractivity contribution < 1.29 is 14.6 Å². The fourth-order valence-corrected chi connectivity index (χ4v) is 3.01. The van der Waals surface area contributed by atoms with E-state index < -0.39 is 0 Å². The molecule has 7 heteroatoms. The van der Waals surface area contributed by atoms with Crippen LogP contribution in [0.5, 0.6) is 11.5 Å². The minimum atomic E-state index is 0.150. The van der Waals surface area contributed by atoms with Crippen molar-refractivity contribution in [1.82, 2.24) is 9.97 Å². The lowest BCUT2D eigenvalue weighted by molar-refractivity contribution is 0.266. The highest BCUT2D eigenvalue weighted by Gasteiger charge is 2.25. The quantitative estimate of drug-likeness (QED) is 0.708. The van der Waals surface area contributed by atoms with E-state index in [-0.39, 0.29) is 12.6 Å². The van der Waals surface area contributed by atoms with Crippen molar-refractivity contribution in [3.05, 3.63) is 36.7 Å². The number of aliphatic hydroxyl groups excluding tert-OH is 1. The third-order valence-corrected chi connectivity index (χ3v) is 4.27. The highest BCUT2D eigenvalue weighted by molar-refractivity contribution is 5.50. The van der Waals surface area contributed by atoms with E-state index in [4.69, 9.17) is 9.47 Å². The summed E-state index contributed by atoms with van der Waals surface area (Å²) in [7, 11) is 1.63. The Morgan fingerprint density at radius 2 is 2.12 bits per heavy atom. The zero-order chi connectivity index (χ0) is 17.5. The van der Waals surface area contributed by atoms with Crippen LogP contribution in [0.25, 0.3) is 0 Å². The number of benzene rings is 1. The number of nitrogens with one attached hydrogen (secondary N) is 1. The Morgan fingerprint density at radius 1 is 1.28 bits per heavy atom. The highest BCUT2D eigenvalue weighted by atomic mass is 16.5. The molecule has 0 bridgehead atoms. The molecular weight excluding hydrogens is 320 g/mol. The fourth-order valence-electron chi connectivity index (χ4n) is 3.01. The number of aromatic nitrogens is 2. The van der Waals surface area contributed by atoms with Gasteiger partial charge in [0.1, 0.15) is 24.6 Å². The van der Waals surface area contributed by atoms with Gasteiger partial charge in [-0.05, 0) is 25.0 Å². The number of para-hydroxylation sites is 2. The molecular formula is C18H24N4O3. The van der Waals surface area contributed by atoms with Crippen LogP contribution in [0.2, 0.25) is 0 Å². The number of aliphatic hydroxyl groups is 1. The largest absolute Gasteiger partial charge is 0.493 e. The van der Waals surface area contributed by atoms with E-state index in [0.717, 1.165) is 42.5 Å². The first-order valence-corrected chi connectivity index (χ1v) is 8.51. The Balaban J connectivity index is 1.53. The summed E-state index contributed by atoms with van der Waals surface area (Å²) in [6.45, 7) is 2.17. The van der Waals surface area contributed by atoms with Crippen molar-refractivity contribution in [2.75, 3.05) is 43.6 Å². The molecule has 1 fully saturated rings. The third kappa shape index (κ3) is 4.30. The Labute approximate surface area is 147 Å². The zero-order valence-electron chi connectivity index (χ0n) is 14.4. The van der Waals surface area contributed by atoms with Crippen LogP contribution in [0.3, 0.4) is 0 Å². The predicted molar refractivity (Wildman–Crippen MR) is 96.5 cm³/mol. The second-order valence-electron chi connectivity index (χ2n) is 5.86. The first kappa shape index (κ1) is 17.3. The minimum absolute atomic E-state index is 0.150. The minimum Gasteiger partial charge on any atom is -0.493 e. The molecule has 7 nitrogen and oxygen atoms in total. The summed E-state index contributed by atoms with van der Waals surface area (Å²) < 4.78 is 11.0. The van der Waals surface area contributed by atoms with Gasteiger partial charge in [-0.2, -0.15) is 0 Å². The molecule has 0 amide bonds. The number of hydrogen-bond donors (Lipinski definition) is 2. The number of nitrogens with zero attached hydrogens (tertiary/aromatic N) is 3. The van der Waals surface area contributed by atoms with Crippen molar-refractivity contribution in [3.63, 3.8) is 0 Å². The number of methoxy groups -OCH3 is 1. The monoisotopic (exact) mass is 344 g/mol. The standard InChI is InChI=1S/C18H24N4O3/c1-24-15-6-2-3-7-16(15)25-10-8-19-17-11-18(21-13-20-17)22-9-4-5-14(22)12-23/h2-3,6-7,11,13-14,23H,4-5,8-10,12H2,1H3,(H,19,20,21)/t14-/m0/s1. The molecule has 1 aromatic carbocycles. The van der Waals surface area contributed by atoms with E-state index in [1.54, 1.807) is 13.4 Å². The molecule has 1 aromatic heterocycles. The fraction of sp³-hybridized carbons (Fsp3) is 0.444. The molecule has 2 N–H and O–H groups in total. The van der Waals surface area contributed by atoms with Crippen LogP contribution >= 0.6 is 0 Å². The number of anilines is 2. The lowest BCUT2D eigenvalue weighted by Crippen LogP contribution is -2.32. The summed E-state index contributed by atoms with van der Waals surface area (Å²) in [6.07, 6.45) is 3.62. The summed E-state index contributed by atoms with van der Waals surface area (Å²) >= 11 is 0. The molecule has 0 unspecified atom stereocenters. The maximum Gasteiger partial charge on any atom is 0.161 e. The number of hydrogen-bond acceptors (Lipinski definition) is 7. The summed E-state index contributed by atoms with van der Waals surface area (Å²) in [5, 5.41) is 12.7. The van der Waals surface area contributed by atoms with Crippen molar-refractivity contribution in [1.29, 1.82) is 0 Å². The maximum absolute atomic E-state index is 9.46. The molecule has 1 atom stereocenters. The lowest BCUT2D eigenvalue weighted by atomic mass is 10.2. The van der Waals surface area contributed by atoms with Crippen LogP contribution in [0.4, 0.5) is 11.6 Å². The van der Waals surface area contributed by atoms with Gasteiger partial charge in [0.2, 0.25) is 0 Å². The van der Waals surface area contributed by atoms with Crippen LogP contribution in [0.1, 0.15) is 12.8 Å². The zero-order valence-corrected chi connectivity index (χ0v) is 14.4. The number of ether oxygens (including phenoxy) is 2. The van der Waals surface area contributed by atoms with Crippen LogP contribution in [-0.4, -0.2) is 54.5 Å². The second kappa shape index (κ2) is 8.53. The summed E-state index contributed by atoms with van der Waals surface area (Å²) in [5.41, 5.74) is 0. The van der Waals surface area contributed by atoms with Gasteiger partial charge in [0.25, 0.3) is 0 Å². The Bertz CT molecular complexity index is 683. The van der Waals surface area contributed by atoms with Gasteiger partial charge in [-0.1, -0.05) is 12.1 Å². The molecule has 2 heterocycles. The van der Waals surface area contributed by atoms with E-state index in [2.05, 4.69) is 20.2 Å². The molecule has 0 radical (unpaired) electrons. The smallest absolute Gasteiger partial charge is 0.161 e. The Morgan fingerprint density at radius 3 is 2.92 bits per heavy atom. The second-order valence-corrected chi connectivity index (χ2v) is 5.86. The Kier molecular flexibility index (Phi) is 5.90. The van der Waals surface area contributed by atoms with Crippen LogP contribution in [0.15, 0.2) is 36.7 Å². The van der Waals surface area contributed by atoms with E-state index >= 15 is 0 Å². The molecule has 3 rings (SSSR count). The molecule has 0 spiro atoms. The van der Waals surface area contributed by atoms with Crippen LogP contribution < -0.4 is 19.7 Å². The van der Waals surface area contributed by atoms with Crippen LogP contribution in [-0.2, 0) is 0 Å². The summed E-state index contributed by atoms with van der Waals surface area (Å²) in [6, 6.07) is 9.63. The van der Waals surface area contributed by atoms with Crippen molar-refractivity contribution in [2.24, 2.45) is 0 Å². The van der Waals surface area contributed by atoms with E-state index in [1.807, 2.05) is 30.3 Å². The van der Waals surface area contributed by atoms with Gasteiger partial charge in [-0.15, -0.1) is 0 Å². The molecule has 2 aromatic rings. The highest BCUT2D eigenvalue weighted by Crippen LogP contribution is 2.26. The average Bonchev–Trinajstić information content (AvgIpc) is 3.14. The molecule has 1 aliphatic rings. The van der Waals surface area contributed by atoms with E-state index in [0.29, 0.717) is 13.2 Å². The first-order valence-electron chi connectivity index (χ1n) is 8.51. The maximum atomic E-state index is 9.46. The number of rotatable bonds is 8. The van der Waals surface area contributed by atoms with E-state index in [1.165, 1.54) is 0 Å². The van der Waals surface area contributed by atoms with Gasteiger partial charge < -0.3 is 24.8 Å². The van der Waals surface area contributed by atoms with Gasteiger partial charge in [-0.3, -0.25) is 0 Å². The molecule has 1 aliphatic heterocycles. The van der Waals surface area contributed by atoms with Gasteiger partial charge in [0.05, 0.1) is 26.3 Å². The average molecular weight is 344 g/mol. The van der Waals surface area contributed by atoms with Gasteiger partial charge in [0.15, 0.2) is 11.5 Å². The molecule has 1 saturated heterocycles. The van der Waals surface area contributed by atoms with Crippen molar-refractivity contribution >= 4 is 11.6 Å². The van der Waals surface area contributed by atoms with Gasteiger partial charge in [0, 0.05) is 12.6 Å². The molecule has 0 aliphatic carbocycles. The third-order valence-electron chi connectivity index (χ3n) is 4.27. The van der Waals surface area contributed by atoms with Crippen molar-refractivity contribution in [3.8, 4) is 11.5 Å². The van der Waals surface area contributed by atoms with Crippen molar-refractivity contribution in [2.45, 2.75) is 18.9 Å². The van der Waals surface area contributed by atoms with Gasteiger partial charge >= 0.3 is 0 Å². The normalized spacial score (nSPS) is 16.7. The predicted octanol–water partition coefficient (Wildman–Crippen LogP) is 1.94. The lowest BCUT2D eigenvalue weighted by Gasteiger charge is -2.24. The first-order chi connectivity index (χ1) is 12.3. The Hall–Kier alpha value is -2.54.